The first kappa shape index (κ1) is 7.55. The molecule has 0 amide bonds. The number of H-pyrrole nitrogens is 1. The molecule has 1 saturated heterocycles. The van der Waals surface area contributed by atoms with E-state index in [-0.39, 0.29) is 5.56 Å². The Morgan fingerprint density at radius 2 is 2.42 bits per heavy atom. The highest BCUT2D eigenvalue weighted by Crippen LogP contribution is 2.14. The number of pyridine rings is 1. The normalized spacial score (nSPS) is 22.8. The summed E-state index contributed by atoms with van der Waals surface area (Å²) in [7, 11) is 0. The number of hydrogen-bond acceptors (Lipinski definition) is 1. The predicted octanol–water partition coefficient (Wildman–Crippen LogP) is -0.227. The minimum Gasteiger partial charge on any atom is -0.340 e. The quantitative estimate of drug-likeness (QED) is 0.593. The van der Waals surface area contributed by atoms with E-state index < -0.39 is 0 Å². The van der Waals surface area contributed by atoms with Gasteiger partial charge in [-0.2, -0.15) is 0 Å². The lowest BCUT2D eigenvalue weighted by Crippen LogP contribution is -2.81. The highest BCUT2D eigenvalue weighted by molar-refractivity contribution is 5.11. The smallest absolute Gasteiger partial charge is 0.247 e. The van der Waals surface area contributed by atoms with Crippen LogP contribution >= 0.6 is 0 Å². The second kappa shape index (κ2) is 3.11. The molecule has 12 heavy (non-hydrogen) atoms. The molecule has 2 rings (SSSR count). The SMILES string of the molecule is O=c1ccc(C2CCC[NH2+]2)c[nH]1. The van der Waals surface area contributed by atoms with Crippen LogP contribution in [0.5, 0.6) is 0 Å². The molecular formula is C9H13N2O+. The Labute approximate surface area is 70.8 Å². The zero-order chi connectivity index (χ0) is 8.39. The lowest BCUT2D eigenvalue weighted by atomic mass is 10.1. The van der Waals surface area contributed by atoms with E-state index in [4.69, 9.17) is 0 Å². The third-order valence-electron chi connectivity index (χ3n) is 2.41. The molecule has 3 N–H and O–H groups in total. The van der Waals surface area contributed by atoms with Gasteiger partial charge in [0.1, 0.15) is 6.04 Å². The van der Waals surface area contributed by atoms with Crippen molar-refractivity contribution in [3.8, 4) is 0 Å². The zero-order valence-electron chi connectivity index (χ0n) is 6.92. The Kier molecular flexibility index (Phi) is 1.96. The predicted molar refractivity (Wildman–Crippen MR) is 45.8 cm³/mol. The fourth-order valence-corrected chi connectivity index (χ4v) is 1.73. The summed E-state index contributed by atoms with van der Waals surface area (Å²) in [5, 5.41) is 2.33. The highest BCUT2D eigenvalue weighted by atomic mass is 16.1. The lowest BCUT2D eigenvalue weighted by molar-refractivity contribution is -0.676. The van der Waals surface area contributed by atoms with Crippen LogP contribution < -0.4 is 10.9 Å². The summed E-state index contributed by atoms with van der Waals surface area (Å²) in [6.45, 7) is 1.21. The number of rotatable bonds is 1. The molecule has 1 fully saturated rings. The molecule has 1 atom stereocenters. The summed E-state index contributed by atoms with van der Waals surface area (Å²) >= 11 is 0. The summed E-state index contributed by atoms with van der Waals surface area (Å²) in [5.41, 5.74) is 1.23. The first-order chi connectivity index (χ1) is 5.86. The van der Waals surface area contributed by atoms with Gasteiger partial charge in [0.15, 0.2) is 0 Å². The van der Waals surface area contributed by atoms with E-state index >= 15 is 0 Å². The molecule has 0 radical (unpaired) electrons. The van der Waals surface area contributed by atoms with Crippen LogP contribution in [0.2, 0.25) is 0 Å². The molecule has 0 aromatic carbocycles. The second-order valence-electron chi connectivity index (χ2n) is 3.26. The van der Waals surface area contributed by atoms with Gasteiger partial charge in [0.2, 0.25) is 5.56 Å². The van der Waals surface area contributed by atoms with Gasteiger partial charge >= 0.3 is 0 Å². The van der Waals surface area contributed by atoms with Crippen LogP contribution in [0.25, 0.3) is 0 Å². The Hall–Kier alpha value is -1.09. The van der Waals surface area contributed by atoms with Gasteiger partial charge in [-0.3, -0.25) is 4.79 Å². The number of nitrogens with one attached hydrogen (secondary N) is 1. The van der Waals surface area contributed by atoms with Crippen molar-refractivity contribution in [2.24, 2.45) is 0 Å². The van der Waals surface area contributed by atoms with Gasteiger partial charge in [0, 0.05) is 30.7 Å². The molecule has 0 aliphatic carbocycles. The summed E-state index contributed by atoms with van der Waals surface area (Å²) in [5.74, 6) is 0. The van der Waals surface area contributed by atoms with E-state index in [0.717, 1.165) is 0 Å². The van der Waals surface area contributed by atoms with Gasteiger partial charge < -0.3 is 10.3 Å². The van der Waals surface area contributed by atoms with E-state index in [1.807, 2.05) is 12.3 Å². The van der Waals surface area contributed by atoms with Crippen LogP contribution in [-0.4, -0.2) is 11.5 Å². The maximum absolute atomic E-state index is 10.8. The molecule has 0 bridgehead atoms. The molecule has 3 heteroatoms. The Bertz CT molecular complexity index is 292. The fourth-order valence-electron chi connectivity index (χ4n) is 1.73. The monoisotopic (exact) mass is 165 g/mol. The van der Waals surface area contributed by atoms with E-state index in [1.54, 1.807) is 6.07 Å². The molecule has 1 unspecified atom stereocenters. The van der Waals surface area contributed by atoms with Crippen molar-refractivity contribution in [1.82, 2.24) is 4.98 Å². The van der Waals surface area contributed by atoms with Crippen LogP contribution in [0, 0.1) is 0 Å². The van der Waals surface area contributed by atoms with Crippen LogP contribution in [-0.2, 0) is 0 Å². The maximum atomic E-state index is 10.8. The van der Waals surface area contributed by atoms with E-state index in [1.165, 1.54) is 24.9 Å². The number of nitrogens with two attached hydrogens (primary N) is 1. The minimum atomic E-state index is -0.0169. The third-order valence-corrected chi connectivity index (χ3v) is 2.41. The highest BCUT2D eigenvalue weighted by Gasteiger charge is 2.19. The topological polar surface area (TPSA) is 49.5 Å². The second-order valence-corrected chi connectivity index (χ2v) is 3.26. The van der Waals surface area contributed by atoms with E-state index in [2.05, 4.69) is 10.3 Å². The van der Waals surface area contributed by atoms with Crippen molar-refractivity contribution >= 4 is 0 Å². The van der Waals surface area contributed by atoms with Crippen molar-refractivity contribution in [2.75, 3.05) is 6.54 Å². The molecular weight excluding hydrogens is 152 g/mol. The minimum absolute atomic E-state index is 0.0169. The zero-order valence-corrected chi connectivity index (χ0v) is 6.92. The number of aromatic nitrogens is 1. The van der Waals surface area contributed by atoms with Crippen LogP contribution in [0.15, 0.2) is 23.1 Å². The van der Waals surface area contributed by atoms with Gasteiger partial charge in [0.05, 0.1) is 6.54 Å². The number of aromatic amines is 1. The van der Waals surface area contributed by atoms with Gasteiger partial charge in [0.25, 0.3) is 0 Å². The van der Waals surface area contributed by atoms with Crippen LogP contribution in [0.1, 0.15) is 24.4 Å². The molecule has 1 aliphatic heterocycles. The molecule has 0 saturated carbocycles. The molecule has 1 aromatic heterocycles. The van der Waals surface area contributed by atoms with E-state index in [9.17, 15) is 4.79 Å². The molecule has 64 valence electrons. The summed E-state index contributed by atoms with van der Waals surface area (Å²) in [6, 6.07) is 4.09. The molecule has 1 aromatic rings. The Morgan fingerprint density at radius 3 is 3.00 bits per heavy atom. The van der Waals surface area contributed by atoms with E-state index in [0.29, 0.717) is 6.04 Å². The lowest BCUT2D eigenvalue weighted by Gasteiger charge is -2.05. The van der Waals surface area contributed by atoms with Gasteiger partial charge in [-0.25, -0.2) is 0 Å². The third kappa shape index (κ3) is 1.41. The van der Waals surface area contributed by atoms with Crippen molar-refractivity contribution in [1.29, 1.82) is 0 Å². The van der Waals surface area contributed by atoms with Crippen molar-refractivity contribution in [2.45, 2.75) is 18.9 Å². The van der Waals surface area contributed by atoms with Crippen LogP contribution in [0.4, 0.5) is 0 Å². The van der Waals surface area contributed by atoms with Crippen LogP contribution in [0.3, 0.4) is 0 Å². The fraction of sp³-hybridized carbons (Fsp3) is 0.444. The van der Waals surface area contributed by atoms with Gasteiger partial charge in [-0.15, -0.1) is 0 Å². The standard InChI is InChI=1S/C9H12N2O/c12-9-4-3-7(6-11-9)8-2-1-5-10-8/h3-4,6,8,10H,1-2,5H2,(H,11,12)/p+1. The van der Waals surface area contributed by atoms with Crippen molar-refractivity contribution in [3.63, 3.8) is 0 Å². The Morgan fingerprint density at radius 1 is 1.50 bits per heavy atom. The van der Waals surface area contributed by atoms with Gasteiger partial charge in [-0.05, 0) is 6.07 Å². The number of hydrogen-bond donors (Lipinski definition) is 2. The molecule has 3 nitrogen and oxygen atoms in total. The first-order valence-corrected chi connectivity index (χ1v) is 4.38. The first-order valence-electron chi connectivity index (χ1n) is 4.38. The Balaban J connectivity index is 2.22. The molecule has 0 spiro atoms. The average Bonchev–Trinajstić information content (AvgIpc) is 2.58. The average molecular weight is 165 g/mol. The van der Waals surface area contributed by atoms with Crippen molar-refractivity contribution < 1.29 is 5.32 Å². The molecule has 1 aliphatic rings. The summed E-state index contributed by atoms with van der Waals surface area (Å²) < 4.78 is 0. The summed E-state index contributed by atoms with van der Waals surface area (Å²) in [6.07, 6.45) is 4.34. The maximum Gasteiger partial charge on any atom is 0.247 e. The number of quaternary nitrogens is 1. The largest absolute Gasteiger partial charge is 0.340 e. The molecule has 2 heterocycles. The summed E-state index contributed by atoms with van der Waals surface area (Å²) in [4.78, 5) is 13.5. The van der Waals surface area contributed by atoms with Gasteiger partial charge in [-0.1, -0.05) is 0 Å². The van der Waals surface area contributed by atoms with Crippen molar-refractivity contribution in [3.05, 3.63) is 34.2 Å².